The Bertz CT molecular complexity index is 913. The highest BCUT2D eigenvalue weighted by atomic mass is 16.6. The summed E-state index contributed by atoms with van der Waals surface area (Å²) in [6, 6.07) is 4.74. The predicted octanol–water partition coefficient (Wildman–Crippen LogP) is -3.37. The van der Waals surface area contributed by atoms with Gasteiger partial charge < -0.3 is 31.8 Å². The molecule has 0 radical (unpaired) electrons. The summed E-state index contributed by atoms with van der Waals surface area (Å²) in [6.45, 7) is 5.28. The van der Waals surface area contributed by atoms with Gasteiger partial charge in [0.2, 0.25) is 0 Å². The molecule has 34 heavy (non-hydrogen) atoms. The summed E-state index contributed by atoms with van der Waals surface area (Å²) in [7, 11) is 0. The topological polar surface area (TPSA) is 315 Å². The molecule has 8 N–H and O–H groups in total. The van der Waals surface area contributed by atoms with E-state index in [0.717, 1.165) is 24.3 Å². The van der Waals surface area contributed by atoms with Crippen molar-refractivity contribution < 1.29 is 51.5 Å². The number of nitrogens with zero attached hydrogens (tertiary/aromatic N) is 4. The van der Waals surface area contributed by atoms with Crippen molar-refractivity contribution >= 4 is 22.7 Å². The molecule has 2 aromatic rings. The van der Waals surface area contributed by atoms with E-state index in [-0.39, 0.29) is 11.0 Å². The number of nitrogens with two attached hydrogens (primary N) is 2. The molecule has 0 saturated carbocycles. The van der Waals surface area contributed by atoms with Gasteiger partial charge in [-0.2, -0.15) is 0 Å². The van der Waals surface area contributed by atoms with Crippen LogP contribution in [-0.2, 0) is 0 Å². The van der Waals surface area contributed by atoms with Crippen molar-refractivity contribution in [3.8, 4) is 11.5 Å². The minimum absolute atomic E-state index is 0. The van der Waals surface area contributed by atoms with Gasteiger partial charge in [-0.25, -0.2) is 0 Å². The van der Waals surface area contributed by atoms with Gasteiger partial charge in [-0.1, -0.05) is 12.1 Å². The van der Waals surface area contributed by atoms with E-state index in [1.807, 2.05) is 0 Å². The molecule has 188 valence electrons. The van der Waals surface area contributed by atoms with Crippen molar-refractivity contribution in [3.05, 3.63) is 76.9 Å². The van der Waals surface area contributed by atoms with E-state index in [1.54, 1.807) is 0 Å². The number of quaternary nitrogens is 2. The highest BCUT2D eigenvalue weighted by molar-refractivity contribution is 5.52. The predicted molar refractivity (Wildman–Crippen MR) is 109 cm³/mol. The molecule has 18 heteroatoms. The first-order valence-corrected chi connectivity index (χ1v) is 8.87. The molecule has 0 amide bonds. The number of benzene rings is 2. The van der Waals surface area contributed by atoms with Crippen LogP contribution in [0.15, 0.2) is 36.4 Å². The lowest BCUT2D eigenvalue weighted by atomic mass is 10.2. The Morgan fingerprint density at radius 2 is 0.853 bits per heavy atom. The Balaban J connectivity index is 0. The highest BCUT2D eigenvalue weighted by Gasteiger charge is 2.14. The highest BCUT2D eigenvalue weighted by Crippen LogP contribution is 2.28. The lowest BCUT2D eigenvalue weighted by Gasteiger charge is -2.04. The SMILES string of the molecule is C1C[NH2+]CC[NH2+]1.O.O.O=[N+]([O-])c1ccc([O-])c([N+](=O)[O-])c1.O=[N+]([O-])c1ccc([O-])c([N+](=O)[O-])c1. The molecule has 3 rings (SSSR count). The molecule has 1 heterocycles. The average molecular weight is 490 g/mol. The second-order valence-corrected chi connectivity index (χ2v) is 6.06. The standard InChI is InChI=1S/2C6H4N2O5.C4H10N2.2H2O/c2*9-6-2-1-4(7(10)11)3-5(6)8(12)13;1-2-6-4-3-5-1;;/h2*1-3,9H;5-6H,1-4H2;2*1H2. The van der Waals surface area contributed by atoms with Crippen LogP contribution in [0.25, 0.3) is 0 Å². The van der Waals surface area contributed by atoms with Gasteiger partial charge in [0, 0.05) is 12.1 Å². The van der Waals surface area contributed by atoms with Crippen LogP contribution >= 0.6 is 0 Å². The lowest BCUT2D eigenvalue weighted by Crippen LogP contribution is -3.04. The molecule has 0 spiro atoms. The first kappa shape index (κ1) is 31.7. The molecule has 0 aliphatic carbocycles. The number of hydrogen-bond donors (Lipinski definition) is 2. The number of non-ortho nitro benzene ring substituents is 2. The van der Waals surface area contributed by atoms with Crippen LogP contribution < -0.4 is 20.8 Å². The molecule has 2 aromatic carbocycles. The van der Waals surface area contributed by atoms with Crippen LogP contribution in [0.3, 0.4) is 0 Å². The summed E-state index contributed by atoms with van der Waals surface area (Å²) in [4.78, 5) is 37.2. The van der Waals surface area contributed by atoms with Crippen LogP contribution in [0.1, 0.15) is 0 Å². The maximum absolute atomic E-state index is 10.8. The van der Waals surface area contributed by atoms with Gasteiger partial charge in [-0.15, -0.1) is 0 Å². The largest absolute Gasteiger partial charge is 0.868 e. The third kappa shape index (κ3) is 10.2. The van der Waals surface area contributed by atoms with E-state index < -0.39 is 53.9 Å². The summed E-state index contributed by atoms with van der Waals surface area (Å²) < 4.78 is 0. The van der Waals surface area contributed by atoms with Gasteiger partial charge in [0.05, 0.1) is 31.8 Å². The third-order valence-electron chi connectivity index (χ3n) is 3.85. The van der Waals surface area contributed by atoms with Gasteiger partial charge in [-0.05, 0) is 11.5 Å². The maximum Gasteiger partial charge on any atom is 0.276 e. The molecular formula is C16H22N6O12. The smallest absolute Gasteiger partial charge is 0.276 e. The second-order valence-electron chi connectivity index (χ2n) is 6.06. The normalized spacial score (nSPS) is 11.5. The van der Waals surface area contributed by atoms with E-state index in [9.17, 15) is 50.7 Å². The van der Waals surface area contributed by atoms with Crippen molar-refractivity contribution in [1.82, 2.24) is 0 Å². The van der Waals surface area contributed by atoms with E-state index in [1.165, 1.54) is 26.2 Å². The Labute approximate surface area is 189 Å². The number of piperazine rings is 1. The summed E-state index contributed by atoms with van der Waals surface area (Å²) in [5.41, 5.74) is -2.50. The first-order valence-electron chi connectivity index (χ1n) is 8.87. The van der Waals surface area contributed by atoms with Crippen molar-refractivity contribution in [3.63, 3.8) is 0 Å². The molecule has 18 nitrogen and oxygen atoms in total. The van der Waals surface area contributed by atoms with Gasteiger partial charge in [0.1, 0.15) is 26.2 Å². The van der Waals surface area contributed by atoms with E-state index >= 15 is 0 Å². The van der Waals surface area contributed by atoms with Gasteiger partial charge in [0.25, 0.3) is 22.7 Å². The molecule has 1 aliphatic heterocycles. The quantitative estimate of drug-likeness (QED) is 0.316. The monoisotopic (exact) mass is 490 g/mol. The number of hydrogen-bond acceptors (Lipinski definition) is 10. The molecule has 1 fully saturated rings. The van der Waals surface area contributed by atoms with Gasteiger partial charge in [-0.3, -0.25) is 40.5 Å². The van der Waals surface area contributed by atoms with E-state index in [2.05, 4.69) is 10.6 Å². The molecule has 0 unspecified atom stereocenters. The lowest BCUT2D eigenvalue weighted by molar-refractivity contribution is -0.787. The second kappa shape index (κ2) is 15.3. The Morgan fingerprint density at radius 3 is 1.06 bits per heavy atom. The maximum atomic E-state index is 10.8. The van der Waals surface area contributed by atoms with Crippen molar-refractivity contribution in [2.75, 3.05) is 26.2 Å². The molecule has 1 aliphatic rings. The van der Waals surface area contributed by atoms with Crippen molar-refractivity contribution in [1.29, 1.82) is 0 Å². The molecule has 0 bridgehead atoms. The Hall–Kier alpha value is -4.52. The van der Waals surface area contributed by atoms with Crippen LogP contribution in [0, 0.1) is 40.5 Å². The number of nitro groups is 4. The Kier molecular flexibility index (Phi) is 14.3. The summed E-state index contributed by atoms with van der Waals surface area (Å²) in [5.74, 6) is -1.67. The fourth-order valence-electron chi connectivity index (χ4n) is 2.28. The van der Waals surface area contributed by atoms with Crippen LogP contribution in [-0.4, -0.2) is 56.8 Å². The van der Waals surface area contributed by atoms with E-state index in [4.69, 9.17) is 0 Å². The zero-order valence-corrected chi connectivity index (χ0v) is 17.3. The minimum atomic E-state index is -0.949. The van der Waals surface area contributed by atoms with E-state index in [0.29, 0.717) is 12.1 Å². The zero-order chi connectivity index (χ0) is 24.3. The Morgan fingerprint density at radius 1 is 0.559 bits per heavy atom. The summed E-state index contributed by atoms with van der Waals surface area (Å²) in [6.07, 6.45) is 0. The summed E-state index contributed by atoms with van der Waals surface area (Å²) >= 11 is 0. The number of rotatable bonds is 4. The van der Waals surface area contributed by atoms with Crippen LogP contribution in [0.5, 0.6) is 11.5 Å². The number of nitro benzene ring substituents is 4. The van der Waals surface area contributed by atoms with Gasteiger partial charge >= 0.3 is 0 Å². The zero-order valence-electron chi connectivity index (χ0n) is 17.3. The van der Waals surface area contributed by atoms with Crippen molar-refractivity contribution in [2.24, 2.45) is 0 Å². The molecular weight excluding hydrogens is 468 g/mol. The first-order chi connectivity index (χ1) is 15.0. The third-order valence-corrected chi connectivity index (χ3v) is 3.85. The summed E-state index contributed by atoms with van der Waals surface area (Å²) in [5, 5.41) is 67.0. The van der Waals surface area contributed by atoms with Crippen LogP contribution in [0.2, 0.25) is 0 Å². The average Bonchev–Trinajstić information content (AvgIpc) is 2.75. The molecule has 0 aromatic heterocycles. The molecule has 0 atom stereocenters. The fraction of sp³-hybridized carbons (Fsp3) is 0.250. The van der Waals surface area contributed by atoms with Crippen molar-refractivity contribution in [2.45, 2.75) is 0 Å². The minimum Gasteiger partial charge on any atom is -0.868 e. The van der Waals surface area contributed by atoms with Gasteiger partial charge in [0.15, 0.2) is 0 Å². The fourth-order valence-corrected chi connectivity index (χ4v) is 2.28. The molecule has 1 saturated heterocycles. The van der Waals surface area contributed by atoms with Crippen LogP contribution in [0.4, 0.5) is 22.7 Å².